The first-order valence-electron chi connectivity index (χ1n) is 9.92. The summed E-state index contributed by atoms with van der Waals surface area (Å²) in [5.41, 5.74) is -0.786. The Morgan fingerprint density at radius 2 is 1.90 bits per heavy atom. The molecule has 3 aromatic rings. The third-order valence-corrected chi connectivity index (χ3v) is 6.17. The Balaban J connectivity index is 1.63. The van der Waals surface area contributed by atoms with Crippen molar-refractivity contribution in [1.82, 2.24) is 14.9 Å². The number of carbonyl (C=O) groups excluding carboxylic acids is 1. The largest absolute Gasteiger partial charge is 0.480 e. The number of nitrogens with one attached hydrogen (secondary N) is 1. The molecule has 4 atom stereocenters. The molecule has 3 N–H and O–H groups in total. The molecule has 31 heavy (non-hydrogen) atoms. The van der Waals surface area contributed by atoms with Gasteiger partial charge in [-0.3, -0.25) is 24.4 Å². The fraction of sp³-hybridized carbons (Fsp3) is 0.273. The number of hydrogen-bond donors (Lipinski definition) is 3. The van der Waals surface area contributed by atoms with Gasteiger partial charge < -0.3 is 10.2 Å². The SMILES string of the molecule is C[C@H]1N[C@@H]2N(C1=O)c1ccccc1[C@]2(O)C[C@@H](C(=O)O)n1cnc2ccccc2c1=O. The first kappa shape index (κ1) is 19.4. The number of anilines is 1. The Kier molecular flexibility index (Phi) is 4.21. The molecule has 9 nitrogen and oxygen atoms in total. The number of aliphatic hydroxyl groups is 1. The second-order valence-electron chi connectivity index (χ2n) is 7.97. The summed E-state index contributed by atoms with van der Waals surface area (Å²) >= 11 is 0. The van der Waals surface area contributed by atoms with Gasteiger partial charge in [-0.1, -0.05) is 30.3 Å². The number of para-hydroxylation sites is 2. The van der Waals surface area contributed by atoms with E-state index in [1.54, 1.807) is 55.5 Å². The smallest absolute Gasteiger partial charge is 0.326 e. The highest BCUT2D eigenvalue weighted by molar-refractivity contribution is 6.02. The van der Waals surface area contributed by atoms with Crippen LogP contribution >= 0.6 is 0 Å². The van der Waals surface area contributed by atoms with Crippen LogP contribution < -0.4 is 15.8 Å². The zero-order valence-electron chi connectivity index (χ0n) is 16.6. The summed E-state index contributed by atoms with van der Waals surface area (Å²) in [5.74, 6) is -1.48. The minimum Gasteiger partial charge on any atom is -0.480 e. The van der Waals surface area contributed by atoms with Gasteiger partial charge in [0.15, 0.2) is 0 Å². The molecule has 0 aliphatic carbocycles. The third kappa shape index (κ3) is 2.70. The number of nitrogens with zero attached hydrogens (tertiary/aromatic N) is 3. The Labute approximate surface area is 176 Å². The van der Waals surface area contributed by atoms with Crippen molar-refractivity contribution in [2.75, 3.05) is 4.90 Å². The van der Waals surface area contributed by atoms with Gasteiger partial charge in [0, 0.05) is 12.0 Å². The summed E-state index contributed by atoms with van der Waals surface area (Å²) in [6, 6.07) is 11.6. The molecule has 158 valence electrons. The van der Waals surface area contributed by atoms with Crippen LogP contribution in [0.5, 0.6) is 0 Å². The van der Waals surface area contributed by atoms with E-state index in [-0.39, 0.29) is 12.3 Å². The van der Waals surface area contributed by atoms with Gasteiger partial charge in [-0.05, 0) is 25.1 Å². The lowest BCUT2D eigenvalue weighted by Crippen LogP contribution is -2.51. The highest BCUT2D eigenvalue weighted by Crippen LogP contribution is 2.48. The summed E-state index contributed by atoms with van der Waals surface area (Å²) in [7, 11) is 0. The summed E-state index contributed by atoms with van der Waals surface area (Å²) in [4.78, 5) is 43.7. The van der Waals surface area contributed by atoms with E-state index in [0.29, 0.717) is 22.2 Å². The maximum atomic E-state index is 13.0. The van der Waals surface area contributed by atoms with Crippen molar-refractivity contribution in [2.45, 2.75) is 37.2 Å². The van der Waals surface area contributed by atoms with Crippen molar-refractivity contribution >= 4 is 28.5 Å². The Bertz CT molecular complexity index is 1290. The number of amides is 1. The highest BCUT2D eigenvalue weighted by Gasteiger charge is 2.58. The molecule has 0 saturated carbocycles. The van der Waals surface area contributed by atoms with E-state index in [1.807, 2.05) is 0 Å². The van der Waals surface area contributed by atoms with E-state index >= 15 is 0 Å². The summed E-state index contributed by atoms with van der Waals surface area (Å²) in [5, 5.41) is 25.1. The molecule has 0 bridgehead atoms. The van der Waals surface area contributed by atoms with Gasteiger partial charge in [0.25, 0.3) is 5.56 Å². The third-order valence-electron chi connectivity index (χ3n) is 6.17. The standard InChI is InChI=1S/C22H20N4O5/c1-12-18(27)26-16-9-5-3-7-14(16)22(31,21(26)24-12)10-17(20(29)30)25-11-23-15-8-4-2-6-13(15)19(25)28/h2-9,11-12,17,21,24,31H,10H2,1H3,(H,29,30)/t12-,17+,21-,22-/m1/s1. The van der Waals surface area contributed by atoms with Crippen molar-refractivity contribution in [3.05, 3.63) is 70.8 Å². The predicted octanol–water partition coefficient (Wildman–Crippen LogP) is 0.964. The molecule has 9 heteroatoms. The van der Waals surface area contributed by atoms with E-state index in [9.17, 15) is 24.6 Å². The van der Waals surface area contributed by atoms with E-state index in [2.05, 4.69) is 10.3 Å². The average Bonchev–Trinajstić information content (AvgIpc) is 3.19. The predicted molar refractivity (Wildman–Crippen MR) is 112 cm³/mol. The normalized spacial score (nSPS) is 25.5. The van der Waals surface area contributed by atoms with Crippen LogP contribution in [0.4, 0.5) is 5.69 Å². The molecule has 1 amide bonds. The van der Waals surface area contributed by atoms with Gasteiger partial charge >= 0.3 is 5.97 Å². The summed E-state index contributed by atoms with van der Waals surface area (Å²) < 4.78 is 1.04. The number of hydrogen-bond acceptors (Lipinski definition) is 6. The monoisotopic (exact) mass is 420 g/mol. The maximum absolute atomic E-state index is 13.0. The zero-order valence-corrected chi connectivity index (χ0v) is 16.6. The van der Waals surface area contributed by atoms with Crippen LogP contribution in [0.1, 0.15) is 24.9 Å². The first-order valence-corrected chi connectivity index (χ1v) is 9.92. The molecule has 0 spiro atoms. The van der Waals surface area contributed by atoms with Gasteiger partial charge in [-0.15, -0.1) is 0 Å². The lowest BCUT2D eigenvalue weighted by molar-refractivity contribution is -0.144. The molecule has 1 fully saturated rings. The summed E-state index contributed by atoms with van der Waals surface area (Å²) in [6.45, 7) is 1.69. The molecule has 5 rings (SSSR count). The minimum absolute atomic E-state index is 0.204. The molecule has 1 aromatic heterocycles. The maximum Gasteiger partial charge on any atom is 0.326 e. The molecule has 3 heterocycles. The fourth-order valence-electron chi connectivity index (χ4n) is 4.65. The van der Waals surface area contributed by atoms with E-state index in [4.69, 9.17) is 0 Å². The van der Waals surface area contributed by atoms with E-state index in [0.717, 1.165) is 4.57 Å². The van der Waals surface area contributed by atoms with Crippen molar-refractivity contribution < 1.29 is 19.8 Å². The van der Waals surface area contributed by atoms with Gasteiger partial charge in [0.2, 0.25) is 5.91 Å². The van der Waals surface area contributed by atoms with Crippen molar-refractivity contribution in [2.24, 2.45) is 0 Å². The van der Waals surface area contributed by atoms with Crippen molar-refractivity contribution in [3.63, 3.8) is 0 Å². The van der Waals surface area contributed by atoms with Crippen LogP contribution in [0, 0.1) is 0 Å². The number of benzene rings is 2. The molecule has 0 radical (unpaired) electrons. The molecule has 2 aliphatic heterocycles. The number of carboxylic acid groups (broad SMARTS) is 1. The van der Waals surface area contributed by atoms with Crippen LogP contribution in [0.3, 0.4) is 0 Å². The van der Waals surface area contributed by atoms with Gasteiger partial charge in [0.1, 0.15) is 17.8 Å². The van der Waals surface area contributed by atoms with Crippen molar-refractivity contribution in [3.8, 4) is 0 Å². The fourth-order valence-corrected chi connectivity index (χ4v) is 4.65. The van der Waals surface area contributed by atoms with Crippen LogP contribution in [-0.4, -0.2) is 43.8 Å². The average molecular weight is 420 g/mol. The Hall–Kier alpha value is -3.56. The minimum atomic E-state index is -1.72. The first-order chi connectivity index (χ1) is 14.8. The molecule has 0 unspecified atom stereocenters. The zero-order chi connectivity index (χ0) is 21.9. The number of aliphatic carboxylic acids is 1. The number of carbonyl (C=O) groups is 2. The second kappa shape index (κ2) is 6.73. The van der Waals surface area contributed by atoms with Gasteiger partial charge in [0.05, 0.1) is 29.0 Å². The number of carboxylic acids is 1. The molecule has 2 aromatic carbocycles. The topological polar surface area (TPSA) is 125 Å². The quantitative estimate of drug-likeness (QED) is 0.574. The van der Waals surface area contributed by atoms with Crippen LogP contribution in [-0.2, 0) is 15.2 Å². The van der Waals surface area contributed by atoms with Crippen LogP contribution in [0.2, 0.25) is 0 Å². The summed E-state index contributed by atoms with van der Waals surface area (Å²) in [6.07, 6.45) is 0.0349. The number of fused-ring (bicyclic) bond motifs is 4. The Morgan fingerprint density at radius 1 is 1.19 bits per heavy atom. The van der Waals surface area contributed by atoms with E-state index in [1.165, 1.54) is 11.2 Å². The lowest BCUT2D eigenvalue weighted by Gasteiger charge is -2.33. The Morgan fingerprint density at radius 3 is 2.68 bits per heavy atom. The van der Waals surface area contributed by atoms with Crippen LogP contribution in [0.25, 0.3) is 10.9 Å². The molecule has 2 aliphatic rings. The van der Waals surface area contributed by atoms with E-state index < -0.39 is 35.4 Å². The van der Waals surface area contributed by atoms with Gasteiger partial charge in [-0.25, -0.2) is 9.78 Å². The number of rotatable bonds is 4. The van der Waals surface area contributed by atoms with Gasteiger partial charge in [-0.2, -0.15) is 0 Å². The lowest BCUT2D eigenvalue weighted by atomic mass is 9.86. The van der Waals surface area contributed by atoms with Crippen molar-refractivity contribution in [1.29, 1.82) is 0 Å². The second-order valence-corrected chi connectivity index (χ2v) is 7.97. The number of aromatic nitrogens is 2. The molecular formula is C22H20N4O5. The van der Waals surface area contributed by atoms with Crippen LogP contribution in [0.15, 0.2) is 59.7 Å². The molecule has 1 saturated heterocycles. The highest BCUT2D eigenvalue weighted by atomic mass is 16.4. The molecular weight excluding hydrogens is 400 g/mol.